The topological polar surface area (TPSA) is 47.3 Å². The second-order valence-electron chi connectivity index (χ2n) is 4.15. The highest BCUT2D eigenvalue weighted by molar-refractivity contribution is 6.30. The van der Waals surface area contributed by atoms with Crippen molar-refractivity contribution in [2.45, 2.75) is 6.04 Å². The highest BCUT2D eigenvalue weighted by Gasteiger charge is 2.21. The van der Waals surface area contributed by atoms with E-state index in [1.807, 2.05) is 0 Å². The van der Waals surface area contributed by atoms with Gasteiger partial charge in [0.25, 0.3) is 0 Å². The number of methoxy groups -OCH3 is 1. The Hall–Kier alpha value is -1.69. The Morgan fingerprint density at radius 2 is 1.90 bits per heavy atom. The maximum absolute atomic E-state index is 14.0. The van der Waals surface area contributed by atoms with E-state index in [2.05, 4.69) is 5.43 Å². The van der Waals surface area contributed by atoms with Gasteiger partial charge in [-0.05, 0) is 30.3 Å². The van der Waals surface area contributed by atoms with Crippen LogP contribution in [0.1, 0.15) is 17.2 Å². The van der Waals surface area contributed by atoms with E-state index in [0.717, 1.165) is 0 Å². The molecule has 0 heterocycles. The molecular formula is C14H13ClF2N2O. The van der Waals surface area contributed by atoms with Gasteiger partial charge in [0, 0.05) is 16.1 Å². The maximum Gasteiger partial charge on any atom is 0.129 e. The van der Waals surface area contributed by atoms with Crippen molar-refractivity contribution in [1.29, 1.82) is 0 Å². The van der Waals surface area contributed by atoms with Crippen molar-refractivity contribution in [1.82, 2.24) is 5.43 Å². The fraction of sp³-hybridized carbons (Fsp3) is 0.143. The first kappa shape index (κ1) is 14.7. The molecule has 0 aromatic heterocycles. The SMILES string of the molecule is COc1ccc(F)cc1C(NN)c1ccc(Cl)cc1F. The van der Waals surface area contributed by atoms with Gasteiger partial charge < -0.3 is 4.74 Å². The maximum atomic E-state index is 14.0. The van der Waals surface area contributed by atoms with Gasteiger partial charge in [-0.2, -0.15) is 0 Å². The van der Waals surface area contributed by atoms with E-state index < -0.39 is 17.7 Å². The van der Waals surface area contributed by atoms with Gasteiger partial charge >= 0.3 is 0 Å². The van der Waals surface area contributed by atoms with E-state index >= 15 is 0 Å². The van der Waals surface area contributed by atoms with Crippen LogP contribution in [0.2, 0.25) is 5.02 Å². The molecule has 106 valence electrons. The molecule has 6 heteroatoms. The smallest absolute Gasteiger partial charge is 0.129 e. The Bertz CT molecular complexity index is 622. The lowest BCUT2D eigenvalue weighted by atomic mass is 9.98. The van der Waals surface area contributed by atoms with Crippen LogP contribution < -0.4 is 16.0 Å². The molecule has 0 aliphatic heterocycles. The Kier molecular flexibility index (Phi) is 4.54. The molecule has 3 N–H and O–H groups in total. The van der Waals surface area contributed by atoms with Crippen molar-refractivity contribution in [3.05, 3.63) is 64.2 Å². The predicted molar refractivity (Wildman–Crippen MR) is 73.5 cm³/mol. The molecule has 1 atom stereocenters. The molecule has 0 saturated carbocycles. The summed E-state index contributed by atoms with van der Waals surface area (Å²) in [6.45, 7) is 0. The van der Waals surface area contributed by atoms with E-state index in [4.69, 9.17) is 22.2 Å². The molecule has 0 aliphatic rings. The van der Waals surface area contributed by atoms with Crippen molar-refractivity contribution in [3.63, 3.8) is 0 Å². The summed E-state index contributed by atoms with van der Waals surface area (Å²) in [5, 5.41) is 0.272. The van der Waals surface area contributed by atoms with Crippen molar-refractivity contribution < 1.29 is 13.5 Å². The summed E-state index contributed by atoms with van der Waals surface area (Å²) in [7, 11) is 1.45. The van der Waals surface area contributed by atoms with Gasteiger partial charge in [-0.3, -0.25) is 5.84 Å². The average Bonchev–Trinajstić information content (AvgIpc) is 2.42. The van der Waals surface area contributed by atoms with Crippen molar-refractivity contribution >= 4 is 11.6 Å². The zero-order valence-corrected chi connectivity index (χ0v) is 11.4. The van der Waals surface area contributed by atoms with E-state index in [9.17, 15) is 8.78 Å². The first-order chi connectivity index (χ1) is 9.56. The summed E-state index contributed by atoms with van der Waals surface area (Å²) < 4.78 is 32.6. The molecule has 2 aromatic carbocycles. The van der Waals surface area contributed by atoms with Gasteiger partial charge in [0.05, 0.1) is 13.2 Å². The molecular weight excluding hydrogens is 286 g/mol. The van der Waals surface area contributed by atoms with Gasteiger partial charge in [0.2, 0.25) is 0 Å². The minimum atomic E-state index is -0.752. The van der Waals surface area contributed by atoms with E-state index in [1.165, 1.54) is 43.5 Å². The van der Waals surface area contributed by atoms with Crippen LogP contribution >= 0.6 is 11.6 Å². The van der Waals surface area contributed by atoms with Gasteiger partial charge in [0.15, 0.2) is 0 Å². The monoisotopic (exact) mass is 298 g/mol. The fourth-order valence-corrected chi connectivity index (χ4v) is 2.17. The number of benzene rings is 2. The van der Waals surface area contributed by atoms with Crippen LogP contribution in [0, 0.1) is 11.6 Å². The molecule has 0 fully saturated rings. The number of halogens is 3. The van der Waals surface area contributed by atoms with Crippen molar-refractivity contribution in [3.8, 4) is 5.75 Å². The van der Waals surface area contributed by atoms with Crippen LogP contribution in [0.3, 0.4) is 0 Å². The number of rotatable bonds is 4. The van der Waals surface area contributed by atoms with Crippen LogP contribution in [0.4, 0.5) is 8.78 Å². The third kappa shape index (κ3) is 2.90. The Morgan fingerprint density at radius 3 is 2.50 bits per heavy atom. The van der Waals surface area contributed by atoms with Crippen LogP contribution in [0.25, 0.3) is 0 Å². The summed E-state index contributed by atoms with van der Waals surface area (Å²) >= 11 is 5.72. The van der Waals surface area contributed by atoms with Crippen molar-refractivity contribution in [2.75, 3.05) is 7.11 Å². The highest BCUT2D eigenvalue weighted by Crippen LogP contribution is 2.32. The lowest BCUT2D eigenvalue weighted by Crippen LogP contribution is -2.30. The summed E-state index contributed by atoms with van der Waals surface area (Å²) in [4.78, 5) is 0. The van der Waals surface area contributed by atoms with Crippen molar-refractivity contribution in [2.24, 2.45) is 5.84 Å². The second kappa shape index (κ2) is 6.17. The summed E-state index contributed by atoms with van der Waals surface area (Å²) in [6.07, 6.45) is 0. The molecule has 2 aromatic rings. The molecule has 0 aliphatic carbocycles. The third-order valence-corrected chi connectivity index (χ3v) is 3.18. The first-order valence-electron chi connectivity index (χ1n) is 5.81. The molecule has 20 heavy (non-hydrogen) atoms. The first-order valence-corrected chi connectivity index (χ1v) is 6.19. The zero-order chi connectivity index (χ0) is 14.7. The molecule has 2 rings (SSSR count). The molecule has 0 radical (unpaired) electrons. The largest absolute Gasteiger partial charge is 0.496 e. The standard InChI is InChI=1S/C14H13ClF2N2O/c1-20-13-5-3-9(16)7-11(13)14(19-18)10-4-2-8(15)6-12(10)17/h2-7,14,19H,18H2,1H3. The molecule has 0 bridgehead atoms. The summed E-state index contributed by atoms with van der Waals surface area (Å²) in [5.74, 6) is 4.90. The molecule has 0 amide bonds. The Morgan fingerprint density at radius 1 is 1.15 bits per heavy atom. The molecule has 0 spiro atoms. The van der Waals surface area contributed by atoms with E-state index in [1.54, 1.807) is 0 Å². The number of hydrogen-bond acceptors (Lipinski definition) is 3. The van der Waals surface area contributed by atoms with Crippen LogP contribution in [0.5, 0.6) is 5.75 Å². The minimum Gasteiger partial charge on any atom is -0.496 e. The lowest BCUT2D eigenvalue weighted by Gasteiger charge is -2.20. The number of nitrogens with one attached hydrogen (secondary N) is 1. The average molecular weight is 299 g/mol. The normalized spacial score (nSPS) is 12.2. The van der Waals surface area contributed by atoms with Crippen LogP contribution in [-0.2, 0) is 0 Å². The van der Waals surface area contributed by atoms with E-state index in [-0.39, 0.29) is 10.6 Å². The predicted octanol–water partition coefficient (Wildman–Crippen LogP) is 3.18. The Labute approximate surface area is 120 Å². The zero-order valence-electron chi connectivity index (χ0n) is 10.7. The molecule has 0 saturated heterocycles. The summed E-state index contributed by atoms with van der Waals surface area (Å²) in [6, 6.07) is 7.42. The van der Waals surface area contributed by atoms with Gasteiger partial charge in [-0.25, -0.2) is 14.2 Å². The second-order valence-corrected chi connectivity index (χ2v) is 4.59. The van der Waals surface area contributed by atoms with Crippen LogP contribution in [0.15, 0.2) is 36.4 Å². The number of hydrogen-bond donors (Lipinski definition) is 2. The van der Waals surface area contributed by atoms with Crippen LogP contribution in [-0.4, -0.2) is 7.11 Å². The number of hydrazine groups is 1. The number of ether oxygens (including phenoxy) is 1. The lowest BCUT2D eigenvalue weighted by molar-refractivity contribution is 0.401. The quantitative estimate of drug-likeness (QED) is 0.673. The number of nitrogens with two attached hydrogens (primary N) is 1. The molecule has 1 unspecified atom stereocenters. The molecule has 3 nitrogen and oxygen atoms in total. The minimum absolute atomic E-state index is 0.251. The summed E-state index contributed by atoms with van der Waals surface area (Å²) in [5.41, 5.74) is 3.12. The third-order valence-electron chi connectivity index (χ3n) is 2.94. The Balaban J connectivity index is 2.54. The van der Waals surface area contributed by atoms with Gasteiger partial charge in [0.1, 0.15) is 17.4 Å². The fourth-order valence-electron chi connectivity index (χ4n) is 2.01. The van der Waals surface area contributed by atoms with E-state index in [0.29, 0.717) is 11.3 Å². The van der Waals surface area contributed by atoms with Gasteiger partial charge in [-0.1, -0.05) is 17.7 Å². The highest BCUT2D eigenvalue weighted by atomic mass is 35.5. The van der Waals surface area contributed by atoms with Gasteiger partial charge in [-0.15, -0.1) is 0 Å².